The molecule has 0 aliphatic heterocycles. The zero-order valence-corrected chi connectivity index (χ0v) is 6.00. The number of aromatic nitrogens is 2. The molecule has 0 saturated carbocycles. The number of hydrogen-bond donors (Lipinski definition) is 0. The van der Waals surface area contributed by atoms with Crippen molar-refractivity contribution >= 4 is 0 Å². The Morgan fingerprint density at radius 2 is 2.18 bits per heavy atom. The van der Waals surface area contributed by atoms with Crippen molar-refractivity contribution in [2.45, 2.75) is 6.92 Å². The standard InChI is InChI=1S/C8H5N3/c1-7-4-5-8(11-10-7)3-2-6-9/h4-5H,1H3. The molecule has 1 aromatic heterocycles. The average Bonchev–Trinajstić information content (AvgIpc) is 2.04. The van der Waals surface area contributed by atoms with Crippen LogP contribution >= 0.6 is 0 Å². The lowest BCUT2D eigenvalue weighted by molar-refractivity contribution is 0.967. The maximum Gasteiger partial charge on any atom is 0.152 e. The molecule has 1 aromatic rings. The minimum Gasteiger partial charge on any atom is -0.183 e. The highest BCUT2D eigenvalue weighted by molar-refractivity contribution is 5.31. The van der Waals surface area contributed by atoms with Crippen molar-refractivity contribution < 1.29 is 0 Å². The highest BCUT2D eigenvalue weighted by Gasteiger charge is 1.87. The van der Waals surface area contributed by atoms with E-state index in [1.807, 2.05) is 6.92 Å². The van der Waals surface area contributed by atoms with E-state index >= 15 is 0 Å². The van der Waals surface area contributed by atoms with Crippen LogP contribution in [0.2, 0.25) is 0 Å². The van der Waals surface area contributed by atoms with Crippen molar-refractivity contribution in [3.8, 4) is 17.9 Å². The first kappa shape index (κ1) is 7.24. The van der Waals surface area contributed by atoms with E-state index in [-0.39, 0.29) is 0 Å². The van der Waals surface area contributed by atoms with E-state index in [0.29, 0.717) is 5.69 Å². The largest absolute Gasteiger partial charge is 0.183 e. The van der Waals surface area contributed by atoms with Gasteiger partial charge in [-0.15, -0.1) is 5.10 Å². The fourth-order valence-corrected chi connectivity index (χ4v) is 0.558. The summed E-state index contributed by atoms with van der Waals surface area (Å²) < 4.78 is 0. The minimum absolute atomic E-state index is 0.525. The Kier molecular flexibility index (Phi) is 2.20. The summed E-state index contributed by atoms with van der Waals surface area (Å²) in [5, 5.41) is 15.6. The predicted octanol–water partition coefficient (Wildman–Crippen LogP) is 0.660. The third-order valence-corrected chi connectivity index (χ3v) is 1.04. The molecule has 11 heavy (non-hydrogen) atoms. The molecule has 0 saturated heterocycles. The third-order valence-electron chi connectivity index (χ3n) is 1.04. The smallest absolute Gasteiger partial charge is 0.152 e. The topological polar surface area (TPSA) is 49.6 Å². The molecule has 0 unspecified atom stereocenters. The molecule has 3 heteroatoms. The molecule has 0 amide bonds. The molecule has 3 nitrogen and oxygen atoms in total. The van der Waals surface area contributed by atoms with Crippen LogP contribution in [0.4, 0.5) is 0 Å². The van der Waals surface area contributed by atoms with Gasteiger partial charge in [-0.3, -0.25) is 0 Å². The molecular formula is C8H5N3. The van der Waals surface area contributed by atoms with Gasteiger partial charge in [-0.25, -0.2) is 0 Å². The summed E-state index contributed by atoms with van der Waals surface area (Å²) >= 11 is 0. The van der Waals surface area contributed by atoms with Gasteiger partial charge in [0.25, 0.3) is 0 Å². The number of hydrogen-bond acceptors (Lipinski definition) is 3. The first-order chi connectivity index (χ1) is 5.33. The van der Waals surface area contributed by atoms with Crippen LogP contribution < -0.4 is 0 Å². The van der Waals surface area contributed by atoms with Crippen LogP contribution in [0, 0.1) is 30.1 Å². The lowest BCUT2D eigenvalue weighted by atomic mass is 10.3. The van der Waals surface area contributed by atoms with E-state index in [9.17, 15) is 0 Å². The molecule has 1 heterocycles. The van der Waals surface area contributed by atoms with Gasteiger partial charge in [0.2, 0.25) is 0 Å². The van der Waals surface area contributed by atoms with E-state index in [4.69, 9.17) is 5.26 Å². The van der Waals surface area contributed by atoms with Gasteiger partial charge in [0, 0.05) is 5.92 Å². The number of rotatable bonds is 0. The Morgan fingerprint density at radius 3 is 2.73 bits per heavy atom. The molecule has 0 N–H and O–H groups in total. The Balaban J connectivity index is 2.93. The van der Waals surface area contributed by atoms with Crippen LogP contribution in [0.1, 0.15) is 11.4 Å². The van der Waals surface area contributed by atoms with E-state index in [1.165, 1.54) is 0 Å². The van der Waals surface area contributed by atoms with Crippen molar-refractivity contribution in [1.29, 1.82) is 5.26 Å². The normalized spacial score (nSPS) is 7.64. The van der Waals surface area contributed by atoms with Gasteiger partial charge in [-0.05, 0) is 25.0 Å². The van der Waals surface area contributed by atoms with Gasteiger partial charge in [0.05, 0.1) is 5.69 Å². The van der Waals surface area contributed by atoms with Crippen molar-refractivity contribution in [3.63, 3.8) is 0 Å². The fourth-order valence-electron chi connectivity index (χ4n) is 0.558. The number of nitrogens with zero attached hydrogens (tertiary/aromatic N) is 3. The van der Waals surface area contributed by atoms with Crippen molar-refractivity contribution in [2.24, 2.45) is 0 Å². The Hall–Kier alpha value is -1.87. The van der Waals surface area contributed by atoms with Gasteiger partial charge >= 0.3 is 0 Å². The maximum absolute atomic E-state index is 8.11. The molecule has 0 radical (unpaired) electrons. The van der Waals surface area contributed by atoms with E-state index in [2.05, 4.69) is 22.0 Å². The predicted molar refractivity (Wildman–Crippen MR) is 39.3 cm³/mol. The van der Waals surface area contributed by atoms with Crippen LogP contribution in [-0.2, 0) is 0 Å². The van der Waals surface area contributed by atoms with Gasteiger partial charge in [0.15, 0.2) is 6.07 Å². The zero-order valence-electron chi connectivity index (χ0n) is 6.00. The Labute approximate surface area is 64.7 Å². The zero-order chi connectivity index (χ0) is 8.10. The highest BCUT2D eigenvalue weighted by atomic mass is 15.1. The lowest BCUT2D eigenvalue weighted by Crippen LogP contribution is -1.88. The first-order valence-corrected chi connectivity index (χ1v) is 3.03. The molecule has 0 spiro atoms. The first-order valence-electron chi connectivity index (χ1n) is 3.03. The quantitative estimate of drug-likeness (QED) is 0.501. The minimum atomic E-state index is 0.525. The van der Waals surface area contributed by atoms with Gasteiger partial charge < -0.3 is 0 Å². The second-order valence-electron chi connectivity index (χ2n) is 1.92. The van der Waals surface area contributed by atoms with Crippen molar-refractivity contribution in [3.05, 3.63) is 23.5 Å². The summed E-state index contributed by atoms with van der Waals surface area (Å²) in [5.41, 5.74) is 1.37. The molecule has 0 atom stereocenters. The van der Waals surface area contributed by atoms with Gasteiger partial charge in [-0.2, -0.15) is 10.4 Å². The second kappa shape index (κ2) is 3.34. The second-order valence-corrected chi connectivity index (χ2v) is 1.92. The van der Waals surface area contributed by atoms with Crippen molar-refractivity contribution in [2.75, 3.05) is 0 Å². The monoisotopic (exact) mass is 143 g/mol. The fraction of sp³-hybridized carbons (Fsp3) is 0.125. The van der Waals surface area contributed by atoms with Crippen LogP contribution in [0.25, 0.3) is 0 Å². The van der Waals surface area contributed by atoms with Crippen LogP contribution in [-0.4, -0.2) is 10.2 Å². The number of aryl methyl sites for hydroxylation is 1. The van der Waals surface area contributed by atoms with E-state index < -0.39 is 0 Å². The molecule has 0 aromatic carbocycles. The highest BCUT2D eigenvalue weighted by Crippen LogP contribution is 1.91. The third kappa shape index (κ3) is 2.08. The summed E-state index contributed by atoms with van der Waals surface area (Å²) in [5.74, 6) is 4.77. The molecule has 1 rings (SSSR count). The molecule has 0 fully saturated rings. The summed E-state index contributed by atoms with van der Waals surface area (Å²) in [6.45, 7) is 1.84. The van der Waals surface area contributed by atoms with Crippen molar-refractivity contribution in [1.82, 2.24) is 10.2 Å². The maximum atomic E-state index is 8.11. The Morgan fingerprint density at radius 1 is 1.36 bits per heavy atom. The van der Waals surface area contributed by atoms with Crippen LogP contribution in [0.3, 0.4) is 0 Å². The van der Waals surface area contributed by atoms with Gasteiger partial charge in [0.1, 0.15) is 5.69 Å². The summed E-state index contributed by atoms with van der Waals surface area (Å²) in [4.78, 5) is 0. The SMILES string of the molecule is Cc1ccc(C#CC#N)nn1. The van der Waals surface area contributed by atoms with Crippen LogP contribution in [0.5, 0.6) is 0 Å². The van der Waals surface area contributed by atoms with E-state index in [1.54, 1.807) is 18.2 Å². The van der Waals surface area contributed by atoms with Crippen LogP contribution in [0.15, 0.2) is 12.1 Å². The summed E-state index contributed by atoms with van der Waals surface area (Å²) in [6.07, 6.45) is 0. The molecule has 52 valence electrons. The summed E-state index contributed by atoms with van der Waals surface area (Å²) in [6, 6.07) is 5.23. The number of nitriles is 1. The molecule has 0 bridgehead atoms. The van der Waals surface area contributed by atoms with Gasteiger partial charge in [-0.1, -0.05) is 0 Å². The molecule has 0 aliphatic rings. The lowest BCUT2D eigenvalue weighted by Gasteiger charge is -1.87. The van der Waals surface area contributed by atoms with E-state index in [0.717, 1.165) is 5.69 Å². The molecular weight excluding hydrogens is 138 g/mol. The summed E-state index contributed by atoms with van der Waals surface area (Å²) in [7, 11) is 0. The average molecular weight is 143 g/mol. The Bertz CT molecular complexity index is 334. The molecule has 0 aliphatic carbocycles.